The van der Waals surface area contributed by atoms with Gasteiger partial charge in [0.2, 0.25) is 5.91 Å². The van der Waals surface area contributed by atoms with Crippen molar-refractivity contribution in [3.05, 3.63) is 59.7 Å². The second-order valence-corrected chi connectivity index (χ2v) is 6.40. The summed E-state index contributed by atoms with van der Waals surface area (Å²) in [4.78, 5) is 12.1. The molecule has 2 aromatic rings. The van der Waals surface area contributed by atoms with E-state index in [9.17, 15) is 4.79 Å². The molecule has 4 nitrogen and oxygen atoms in total. The van der Waals surface area contributed by atoms with Crippen molar-refractivity contribution in [3.8, 4) is 5.75 Å². The molecule has 134 valence electrons. The van der Waals surface area contributed by atoms with Crippen LogP contribution in [0.1, 0.15) is 24.0 Å². The Morgan fingerprint density at radius 1 is 1.16 bits per heavy atom. The normalized spacial score (nSPS) is 13.0. The fourth-order valence-electron chi connectivity index (χ4n) is 2.49. The largest absolute Gasteiger partial charge is 0.487 e. The summed E-state index contributed by atoms with van der Waals surface area (Å²) in [6.45, 7) is 3.76. The fourth-order valence-corrected chi connectivity index (χ4v) is 2.49. The SMILES string of the molecule is Cc1ccc(NC(=O)CNCC2CC2)c(OCc2ccccc2)c1.Cl. The first-order valence-electron chi connectivity index (χ1n) is 8.48. The summed E-state index contributed by atoms with van der Waals surface area (Å²) in [5.74, 6) is 1.43. The Morgan fingerprint density at radius 2 is 1.92 bits per heavy atom. The molecule has 1 amide bonds. The van der Waals surface area contributed by atoms with Crippen LogP contribution in [0.25, 0.3) is 0 Å². The molecule has 1 aliphatic carbocycles. The van der Waals surface area contributed by atoms with E-state index in [1.165, 1.54) is 12.8 Å². The minimum Gasteiger partial charge on any atom is -0.487 e. The Kier molecular flexibility index (Phi) is 7.29. The molecule has 0 bridgehead atoms. The number of amides is 1. The number of carbonyl (C=O) groups is 1. The third-order valence-corrected chi connectivity index (χ3v) is 4.06. The van der Waals surface area contributed by atoms with Gasteiger partial charge in [-0.25, -0.2) is 0 Å². The number of carbonyl (C=O) groups excluding carboxylic acids is 1. The van der Waals surface area contributed by atoms with Crippen LogP contribution in [-0.2, 0) is 11.4 Å². The van der Waals surface area contributed by atoms with Crippen molar-refractivity contribution in [1.29, 1.82) is 0 Å². The summed E-state index contributed by atoms with van der Waals surface area (Å²) in [6.07, 6.45) is 2.56. The smallest absolute Gasteiger partial charge is 0.238 e. The summed E-state index contributed by atoms with van der Waals surface area (Å²) in [5, 5.41) is 6.14. The number of hydrogen-bond donors (Lipinski definition) is 2. The number of aryl methyl sites for hydroxylation is 1. The van der Waals surface area contributed by atoms with Crippen LogP contribution in [0, 0.1) is 12.8 Å². The number of anilines is 1. The third kappa shape index (κ3) is 6.40. The minimum atomic E-state index is -0.0379. The zero-order chi connectivity index (χ0) is 16.8. The number of hydrogen-bond acceptors (Lipinski definition) is 3. The van der Waals surface area contributed by atoms with E-state index < -0.39 is 0 Å². The average Bonchev–Trinajstić information content (AvgIpc) is 3.40. The van der Waals surface area contributed by atoms with Crippen molar-refractivity contribution in [2.45, 2.75) is 26.4 Å². The predicted molar refractivity (Wildman–Crippen MR) is 103 cm³/mol. The number of nitrogens with one attached hydrogen (secondary N) is 2. The van der Waals surface area contributed by atoms with Crippen molar-refractivity contribution < 1.29 is 9.53 Å². The summed E-state index contributed by atoms with van der Waals surface area (Å²) in [6, 6.07) is 15.8. The quantitative estimate of drug-likeness (QED) is 0.749. The zero-order valence-corrected chi connectivity index (χ0v) is 15.3. The van der Waals surface area contributed by atoms with Gasteiger partial charge in [-0.1, -0.05) is 36.4 Å². The van der Waals surface area contributed by atoms with Crippen molar-refractivity contribution in [2.24, 2.45) is 5.92 Å². The average molecular weight is 361 g/mol. The highest BCUT2D eigenvalue weighted by Crippen LogP contribution is 2.28. The lowest BCUT2D eigenvalue weighted by molar-refractivity contribution is -0.115. The zero-order valence-electron chi connectivity index (χ0n) is 14.5. The lowest BCUT2D eigenvalue weighted by atomic mass is 10.2. The molecule has 0 aromatic heterocycles. The van der Waals surface area contributed by atoms with Gasteiger partial charge in [0, 0.05) is 0 Å². The van der Waals surface area contributed by atoms with Crippen LogP contribution in [0.5, 0.6) is 5.75 Å². The Bertz CT molecular complexity index is 687. The topological polar surface area (TPSA) is 50.4 Å². The van der Waals surface area contributed by atoms with Gasteiger partial charge in [-0.3, -0.25) is 4.79 Å². The maximum absolute atomic E-state index is 12.1. The number of rotatable bonds is 8. The number of ether oxygens (including phenoxy) is 1. The Balaban J connectivity index is 0.00000225. The van der Waals surface area contributed by atoms with Gasteiger partial charge in [-0.2, -0.15) is 0 Å². The van der Waals surface area contributed by atoms with E-state index in [1.54, 1.807) is 0 Å². The number of benzene rings is 2. The molecule has 0 unspecified atom stereocenters. The van der Waals surface area contributed by atoms with E-state index in [1.807, 2.05) is 55.5 Å². The second-order valence-electron chi connectivity index (χ2n) is 6.40. The Labute approximate surface area is 155 Å². The van der Waals surface area contributed by atoms with E-state index in [0.717, 1.165) is 29.3 Å². The van der Waals surface area contributed by atoms with Gasteiger partial charge in [-0.05, 0) is 55.5 Å². The van der Waals surface area contributed by atoms with Crippen LogP contribution in [0.15, 0.2) is 48.5 Å². The van der Waals surface area contributed by atoms with E-state index in [2.05, 4.69) is 10.6 Å². The first-order valence-corrected chi connectivity index (χ1v) is 8.48. The van der Waals surface area contributed by atoms with E-state index in [-0.39, 0.29) is 18.3 Å². The van der Waals surface area contributed by atoms with Crippen LogP contribution in [-0.4, -0.2) is 19.0 Å². The third-order valence-electron chi connectivity index (χ3n) is 4.06. The molecule has 0 atom stereocenters. The lowest BCUT2D eigenvalue weighted by Crippen LogP contribution is -2.29. The first-order chi connectivity index (χ1) is 11.7. The second kappa shape index (κ2) is 9.44. The molecule has 0 saturated heterocycles. The molecule has 0 spiro atoms. The van der Waals surface area contributed by atoms with Crippen molar-refractivity contribution in [2.75, 3.05) is 18.4 Å². The molecule has 1 aliphatic rings. The minimum absolute atomic E-state index is 0. The number of halogens is 1. The van der Waals surface area contributed by atoms with Crippen molar-refractivity contribution in [3.63, 3.8) is 0 Å². The molecule has 2 aromatic carbocycles. The van der Waals surface area contributed by atoms with E-state index in [4.69, 9.17) is 4.74 Å². The summed E-state index contributed by atoms with van der Waals surface area (Å²) in [7, 11) is 0. The fraction of sp³-hybridized carbons (Fsp3) is 0.350. The van der Waals surface area contributed by atoms with E-state index in [0.29, 0.717) is 18.9 Å². The van der Waals surface area contributed by atoms with E-state index >= 15 is 0 Å². The molecule has 0 aliphatic heterocycles. The van der Waals surface area contributed by atoms with Gasteiger partial charge in [0.15, 0.2) is 0 Å². The molecular weight excluding hydrogens is 336 g/mol. The summed E-state index contributed by atoms with van der Waals surface area (Å²) in [5.41, 5.74) is 2.92. The molecule has 0 radical (unpaired) electrons. The molecular formula is C20H25ClN2O2. The van der Waals surface area contributed by atoms with Gasteiger partial charge in [0.1, 0.15) is 12.4 Å². The summed E-state index contributed by atoms with van der Waals surface area (Å²) >= 11 is 0. The molecule has 1 fully saturated rings. The molecule has 2 N–H and O–H groups in total. The van der Waals surface area contributed by atoms with Crippen LogP contribution in [0.4, 0.5) is 5.69 Å². The maximum atomic E-state index is 12.1. The van der Waals surface area contributed by atoms with Crippen LogP contribution in [0.3, 0.4) is 0 Å². The monoisotopic (exact) mass is 360 g/mol. The summed E-state index contributed by atoms with van der Waals surface area (Å²) < 4.78 is 5.92. The lowest BCUT2D eigenvalue weighted by Gasteiger charge is -2.14. The van der Waals surface area contributed by atoms with Crippen molar-refractivity contribution in [1.82, 2.24) is 5.32 Å². The molecule has 1 saturated carbocycles. The molecule has 5 heteroatoms. The van der Waals surface area contributed by atoms with Crippen LogP contribution in [0.2, 0.25) is 0 Å². The van der Waals surface area contributed by atoms with Crippen molar-refractivity contribution >= 4 is 24.0 Å². The van der Waals surface area contributed by atoms with Gasteiger partial charge in [-0.15, -0.1) is 12.4 Å². The van der Waals surface area contributed by atoms with Crippen LogP contribution < -0.4 is 15.4 Å². The van der Waals surface area contributed by atoms with Gasteiger partial charge < -0.3 is 15.4 Å². The standard InChI is InChI=1S/C20H24N2O2.ClH/c1-15-7-10-18(22-20(23)13-21-12-16-8-9-16)19(11-15)24-14-17-5-3-2-4-6-17;/h2-7,10-11,16,21H,8-9,12-14H2,1H3,(H,22,23);1H. The van der Waals surface area contributed by atoms with Crippen LogP contribution >= 0.6 is 12.4 Å². The molecule has 0 heterocycles. The molecule has 3 rings (SSSR count). The maximum Gasteiger partial charge on any atom is 0.238 e. The predicted octanol–water partition coefficient (Wildman–Crippen LogP) is 3.93. The van der Waals surface area contributed by atoms with Gasteiger partial charge >= 0.3 is 0 Å². The highest BCUT2D eigenvalue weighted by Gasteiger charge is 2.20. The Hall–Kier alpha value is -2.04. The Morgan fingerprint density at radius 3 is 2.64 bits per heavy atom. The molecule has 25 heavy (non-hydrogen) atoms. The van der Waals surface area contributed by atoms with Gasteiger partial charge in [0.05, 0.1) is 12.2 Å². The highest BCUT2D eigenvalue weighted by atomic mass is 35.5. The highest BCUT2D eigenvalue weighted by molar-refractivity contribution is 5.93. The van der Waals surface area contributed by atoms with Gasteiger partial charge in [0.25, 0.3) is 0 Å². The first kappa shape index (κ1) is 19.3.